The molecule has 1 N–H and O–H groups in total. The summed E-state index contributed by atoms with van der Waals surface area (Å²) >= 11 is 3.42. The van der Waals surface area contributed by atoms with Gasteiger partial charge in [0.25, 0.3) is 5.91 Å². The standard InChI is InChI=1S/C13H15BrN2O3.ClH/c14-10-6-9(7-11-12(10)19-8-18-11)13(17)16-4-1-2-15-3-5-16;/h6-7,15H,1-5,8H2;1H. The van der Waals surface area contributed by atoms with Crippen LogP contribution in [0.4, 0.5) is 0 Å². The summed E-state index contributed by atoms with van der Waals surface area (Å²) in [5.74, 6) is 1.35. The number of ether oxygens (including phenoxy) is 2. The molecule has 0 aliphatic carbocycles. The number of benzene rings is 1. The fraction of sp³-hybridized carbons (Fsp3) is 0.462. The van der Waals surface area contributed by atoms with E-state index < -0.39 is 0 Å². The number of carbonyl (C=O) groups excluding carboxylic acids is 1. The summed E-state index contributed by atoms with van der Waals surface area (Å²) in [7, 11) is 0. The smallest absolute Gasteiger partial charge is 0.254 e. The van der Waals surface area contributed by atoms with Gasteiger partial charge in [-0.2, -0.15) is 0 Å². The summed E-state index contributed by atoms with van der Waals surface area (Å²) in [6.45, 7) is 3.55. The van der Waals surface area contributed by atoms with Crippen LogP contribution in [0.5, 0.6) is 11.5 Å². The fourth-order valence-electron chi connectivity index (χ4n) is 2.32. The predicted octanol–water partition coefficient (Wildman–Crippen LogP) is 2.04. The first kappa shape index (κ1) is 15.4. The van der Waals surface area contributed by atoms with Gasteiger partial charge in [0, 0.05) is 25.2 Å². The van der Waals surface area contributed by atoms with Crippen molar-refractivity contribution in [2.75, 3.05) is 33.0 Å². The van der Waals surface area contributed by atoms with E-state index in [9.17, 15) is 4.79 Å². The Bertz CT molecular complexity index is 505. The van der Waals surface area contributed by atoms with E-state index in [4.69, 9.17) is 9.47 Å². The highest BCUT2D eigenvalue weighted by Crippen LogP contribution is 2.40. The van der Waals surface area contributed by atoms with Crippen molar-refractivity contribution >= 4 is 34.2 Å². The molecule has 2 aliphatic heterocycles. The molecule has 5 nitrogen and oxygen atoms in total. The molecule has 0 atom stereocenters. The first-order chi connectivity index (χ1) is 9.25. The highest BCUT2D eigenvalue weighted by molar-refractivity contribution is 9.10. The van der Waals surface area contributed by atoms with Crippen LogP contribution >= 0.6 is 28.3 Å². The predicted molar refractivity (Wildman–Crippen MR) is 80.9 cm³/mol. The SMILES string of the molecule is Cl.O=C(c1cc(Br)c2c(c1)OCO2)N1CCCNCC1. The molecule has 2 heterocycles. The Morgan fingerprint density at radius 2 is 2.10 bits per heavy atom. The van der Waals surface area contributed by atoms with Gasteiger partial charge >= 0.3 is 0 Å². The highest BCUT2D eigenvalue weighted by Gasteiger charge is 2.23. The van der Waals surface area contributed by atoms with Crippen molar-refractivity contribution in [2.24, 2.45) is 0 Å². The third kappa shape index (κ3) is 3.02. The number of carbonyl (C=O) groups is 1. The van der Waals surface area contributed by atoms with Gasteiger partial charge in [-0.1, -0.05) is 0 Å². The zero-order valence-corrected chi connectivity index (χ0v) is 13.3. The lowest BCUT2D eigenvalue weighted by atomic mass is 10.1. The number of rotatable bonds is 1. The molecule has 20 heavy (non-hydrogen) atoms. The Morgan fingerprint density at radius 1 is 1.25 bits per heavy atom. The average Bonchev–Trinajstić information content (AvgIpc) is 2.72. The van der Waals surface area contributed by atoms with Gasteiger partial charge in [0.2, 0.25) is 6.79 Å². The molecule has 1 aromatic carbocycles. The normalized spacial score (nSPS) is 17.4. The third-order valence-electron chi connectivity index (χ3n) is 3.30. The van der Waals surface area contributed by atoms with Crippen LogP contribution in [-0.4, -0.2) is 43.8 Å². The van der Waals surface area contributed by atoms with Crippen LogP contribution in [0.25, 0.3) is 0 Å². The average molecular weight is 364 g/mol. The third-order valence-corrected chi connectivity index (χ3v) is 3.89. The van der Waals surface area contributed by atoms with Gasteiger partial charge in [-0.3, -0.25) is 4.79 Å². The van der Waals surface area contributed by atoms with Gasteiger partial charge in [0.05, 0.1) is 4.47 Å². The van der Waals surface area contributed by atoms with E-state index in [-0.39, 0.29) is 25.1 Å². The summed E-state index contributed by atoms with van der Waals surface area (Å²) in [6, 6.07) is 3.56. The topological polar surface area (TPSA) is 50.8 Å². The van der Waals surface area contributed by atoms with Crippen LogP contribution in [0.2, 0.25) is 0 Å². The Morgan fingerprint density at radius 3 is 2.95 bits per heavy atom. The van der Waals surface area contributed by atoms with Crippen molar-refractivity contribution in [3.8, 4) is 11.5 Å². The maximum atomic E-state index is 12.5. The van der Waals surface area contributed by atoms with E-state index in [1.807, 2.05) is 4.90 Å². The van der Waals surface area contributed by atoms with E-state index >= 15 is 0 Å². The number of nitrogens with zero attached hydrogens (tertiary/aromatic N) is 1. The van der Waals surface area contributed by atoms with Gasteiger partial charge < -0.3 is 19.7 Å². The van der Waals surface area contributed by atoms with Gasteiger partial charge in [0.15, 0.2) is 11.5 Å². The molecule has 1 aromatic rings. The Kier molecular flexibility index (Phi) is 5.12. The van der Waals surface area contributed by atoms with Gasteiger partial charge in [-0.15, -0.1) is 12.4 Å². The molecule has 0 radical (unpaired) electrons. The van der Waals surface area contributed by atoms with E-state index in [0.29, 0.717) is 17.1 Å². The number of amides is 1. The monoisotopic (exact) mass is 362 g/mol. The minimum Gasteiger partial charge on any atom is -0.454 e. The van der Waals surface area contributed by atoms with Gasteiger partial charge in [-0.25, -0.2) is 0 Å². The molecule has 0 spiro atoms. The van der Waals surface area contributed by atoms with Crippen LogP contribution < -0.4 is 14.8 Å². The van der Waals surface area contributed by atoms with E-state index in [2.05, 4.69) is 21.2 Å². The lowest BCUT2D eigenvalue weighted by molar-refractivity contribution is 0.0766. The van der Waals surface area contributed by atoms with Gasteiger partial charge in [-0.05, 0) is 41.0 Å². The number of halogens is 2. The zero-order chi connectivity index (χ0) is 13.2. The van der Waals surface area contributed by atoms with Crippen molar-refractivity contribution in [1.82, 2.24) is 10.2 Å². The quantitative estimate of drug-likeness (QED) is 0.829. The molecular formula is C13H16BrClN2O3. The van der Waals surface area contributed by atoms with Crippen molar-refractivity contribution in [2.45, 2.75) is 6.42 Å². The second kappa shape index (κ2) is 6.65. The molecule has 2 aliphatic rings. The van der Waals surface area contributed by atoms with Crippen LogP contribution in [0.15, 0.2) is 16.6 Å². The summed E-state index contributed by atoms with van der Waals surface area (Å²) in [5.41, 5.74) is 0.637. The minimum absolute atomic E-state index is 0. The van der Waals surface area contributed by atoms with Crippen LogP contribution in [-0.2, 0) is 0 Å². The summed E-state index contributed by atoms with van der Waals surface area (Å²) in [4.78, 5) is 14.4. The van der Waals surface area contributed by atoms with Crippen LogP contribution in [0.1, 0.15) is 16.8 Å². The van der Waals surface area contributed by atoms with Crippen molar-refractivity contribution in [3.63, 3.8) is 0 Å². The Labute approximate surface area is 132 Å². The van der Waals surface area contributed by atoms with Crippen molar-refractivity contribution in [1.29, 1.82) is 0 Å². The number of hydrogen-bond acceptors (Lipinski definition) is 4. The van der Waals surface area contributed by atoms with Crippen molar-refractivity contribution < 1.29 is 14.3 Å². The Balaban J connectivity index is 0.00000147. The lowest BCUT2D eigenvalue weighted by Gasteiger charge is -2.20. The molecule has 1 amide bonds. The maximum absolute atomic E-state index is 12.5. The molecule has 0 unspecified atom stereocenters. The van der Waals surface area contributed by atoms with Crippen LogP contribution in [0, 0.1) is 0 Å². The second-order valence-corrected chi connectivity index (χ2v) is 5.44. The molecule has 0 aromatic heterocycles. The summed E-state index contributed by atoms with van der Waals surface area (Å²) in [6.07, 6.45) is 0.984. The summed E-state index contributed by atoms with van der Waals surface area (Å²) < 4.78 is 11.4. The molecule has 110 valence electrons. The second-order valence-electron chi connectivity index (χ2n) is 4.59. The van der Waals surface area contributed by atoms with Crippen molar-refractivity contribution in [3.05, 3.63) is 22.2 Å². The molecule has 0 bridgehead atoms. The van der Waals surface area contributed by atoms with Gasteiger partial charge in [0.1, 0.15) is 0 Å². The number of nitrogens with one attached hydrogen (secondary N) is 1. The van der Waals surface area contributed by atoms with Crippen LogP contribution in [0.3, 0.4) is 0 Å². The molecule has 3 rings (SSSR count). The lowest BCUT2D eigenvalue weighted by Crippen LogP contribution is -2.34. The Hall–Kier alpha value is -0.980. The van der Waals surface area contributed by atoms with E-state index in [0.717, 1.165) is 37.1 Å². The molecule has 0 saturated carbocycles. The minimum atomic E-state index is 0. The highest BCUT2D eigenvalue weighted by atomic mass is 79.9. The molecule has 7 heteroatoms. The molecule has 1 fully saturated rings. The molecule has 1 saturated heterocycles. The summed E-state index contributed by atoms with van der Waals surface area (Å²) in [5, 5.41) is 3.29. The first-order valence-electron chi connectivity index (χ1n) is 6.35. The molecular weight excluding hydrogens is 348 g/mol. The fourth-order valence-corrected chi connectivity index (χ4v) is 2.88. The van der Waals surface area contributed by atoms with E-state index in [1.165, 1.54) is 0 Å². The first-order valence-corrected chi connectivity index (χ1v) is 7.14. The zero-order valence-electron chi connectivity index (χ0n) is 10.9. The van der Waals surface area contributed by atoms with E-state index in [1.54, 1.807) is 12.1 Å². The number of fused-ring (bicyclic) bond motifs is 1. The number of hydrogen-bond donors (Lipinski definition) is 1. The largest absolute Gasteiger partial charge is 0.454 e. The maximum Gasteiger partial charge on any atom is 0.254 e.